The Morgan fingerprint density at radius 2 is 1.82 bits per heavy atom. The van der Waals surface area contributed by atoms with Gasteiger partial charge in [0.25, 0.3) is 0 Å². The Bertz CT molecular complexity index is 412. The molecule has 1 saturated heterocycles. The van der Waals surface area contributed by atoms with Gasteiger partial charge in [-0.25, -0.2) is 0 Å². The molecule has 5 heteroatoms. The summed E-state index contributed by atoms with van der Waals surface area (Å²) in [5.41, 5.74) is 6.76. The Kier molecular flexibility index (Phi) is 3.91. The number of carbonyl (C=O) groups excluding carboxylic acids is 1. The van der Waals surface area contributed by atoms with Crippen LogP contribution >= 0.6 is 0 Å². The summed E-state index contributed by atoms with van der Waals surface area (Å²) in [7, 11) is -0.770. The van der Waals surface area contributed by atoms with E-state index in [0.29, 0.717) is 24.6 Å². The van der Waals surface area contributed by atoms with Crippen LogP contribution in [0.15, 0.2) is 30.3 Å². The van der Waals surface area contributed by atoms with E-state index in [1.807, 2.05) is 30.3 Å². The average molecular weight is 252 g/mol. The van der Waals surface area contributed by atoms with Gasteiger partial charge < -0.3 is 10.6 Å². The van der Waals surface area contributed by atoms with E-state index in [2.05, 4.69) is 0 Å². The number of hydrogen-bond acceptors (Lipinski definition) is 3. The van der Waals surface area contributed by atoms with Gasteiger partial charge in [0.2, 0.25) is 5.91 Å². The van der Waals surface area contributed by atoms with Crippen LogP contribution in [0.4, 0.5) is 0 Å². The highest BCUT2D eigenvalue weighted by molar-refractivity contribution is 7.85. The van der Waals surface area contributed by atoms with Gasteiger partial charge in [-0.3, -0.25) is 9.00 Å². The Labute approximate surface area is 103 Å². The summed E-state index contributed by atoms with van der Waals surface area (Å²) in [6.45, 7) is 1.10. The van der Waals surface area contributed by atoms with Gasteiger partial charge in [0.15, 0.2) is 0 Å². The second-order valence-corrected chi connectivity index (χ2v) is 5.76. The molecular formula is C12H16N2O2S. The molecule has 1 heterocycles. The van der Waals surface area contributed by atoms with E-state index < -0.39 is 16.8 Å². The van der Waals surface area contributed by atoms with E-state index in [-0.39, 0.29) is 5.91 Å². The highest BCUT2D eigenvalue weighted by Gasteiger charge is 2.25. The molecule has 1 atom stereocenters. The van der Waals surface area contributed by atoms with E-state index in [4.69, 9.17) is 5.73 Å². The summed E-state index contributed by atoms with van der Waals surface area (Å²) in [4.78, 5) is 13.8. The first-order valence-corrected chi connectivity index (χ1v) is 7.11. The number of nitrogens with two attached hydrogens (primary N) is 1. The molecule has 0 spiro atoms. The third-order valence-electron chi connectivity index (χ3n) is 2.91. The zero-order valence-corrected chi connectivity index (χ0v) is 10.4. The molecule has 1 unspecified atom stereocenters. The molecule has 4 nitrogen and oxygen atoms in total. The number of carbonyl (C=O) groups is 1. The second kappa shape index (κ2) is 5.42. The number of benzene rings is 1. The summed E-state index contributed by atoms with van der Waals surface area (Å²) >= 11 is 0. The van der Waals surface area contributed by atoms with Crippen LogP contribution < -0.4 is 5.73 Å². The minimum atomic E-state index is -0.770. The fraction of sp³-hybridized carbons (Fsp3) is 0.417. The zero-order chi connectivity index (χ0) is 12.3. The first kappa shape index (κ1) is 12.3. The van der Waals surface area contributed by atoms with Crippen LogP contribution in [0.3, 0.4) is 0 Å². The number of hydrogen-bond donors (Lipinski definition) is 1. The van der Waals surface area contributed by atoms with Gasteiger partial charge in [-0.2, -0.15) is 0 Å². The van der Waals surface area contributed by atoms with Crippen molar-refractivity contribution >= 4 is 16.7 Å². The van der Waals surface area contributed by atoms with Crippen LogP contribution in [0.1, 0.15) is 11.6 Å². The molecule has 1 aromatic carbocycles. The highest BCUT2D eigenvalue weighted by atomic mass is 32.2. The van der Waals surface area contributed by atoms with Crippen molar-refractivity contribution in [3.63, 3.8) is 0 Å². The average Bonchev–Trinajstić information content (AvgIpc) is 2.39. The zero-order valence-electron chi connectivity index (χ0n) is 9.54. The van der Waals surface area contributed by atoms with Crippen LogP contribution in [-0.4, -0.2) is 39.6 Å². The van der Waals surface area contributed by atoms with Crippen LogP contribution in [-0.2, 0) is 15.6 Å². The molecule has 0 bridgehead atoms. The molecule has 2 N–H and O–H groups in total. The van der Waals surface area contributed by atoms with Crippen molar-refractivity contribution in [3.8, 4) is 0 Å². The molecular weight excluding hydrogens is 236 g/mol. The third-order valence-corrected chi connectivity index (χ3v) is 4.19. The fourth-order valence-electron chi connectivity index (χ4n) is 1.86. The fourth-order valence-corrected chi connectivity index (χ4v) is 2.91. The van der Waals surface area contributed by atoms with Gasteiger partial charge in [-0.1, -0.05) is 30.3 Å². The summed E-state index contributed by atoms with van der Waals surface area (Å²) < 4.78 is 11.2. The summed E-state index contributed by atoms with van der Waals surface area (Å²) in [5.74, 6) is 1.05. The van der Waals surface area contributed by atoms with Crippen molar-refractivity contribution in [2.75, 3.05) is 24.6 Å². The molecule has 2 rings (SSSR count). The Morgan fingerprint density at radius 1 is 1.24 bits per heavy atom. The minimum absolute atomic E-state index is 0.0760. The standard InChI is InChI=1S/C12H16N2O2S/c13-11(10-4-2-1-3-5-10)12(15)14-6-8-17(16)9-7-14/h1-5,11H,6-9,13H2. The first-order chi connectivity index (χ1) is 8.18. The van der Waals surface area contributed by atoms with Gasteiger partial charge in [-0.05, 0) is 5.56 Å². The summed E-state index contributed by atoms with van der Waals surface area (Å²) in [5, 5.41) is 0. The maximum Gasteiger partial charge on any atom is 0.244 e. The number of amides is 1. The van der Waals surface area contributed by atoms with Crippen molar-refractivity contribution in [2.24, 2.45) is 5.73 Å². The molecule has 1 amide bonds. The topological polar surface area (TPSA) is 63.4 Å². The lowest BCUT2D eigenvalue weighted by atomic mass is 10.1. The van der Waals surface area contributed by atoms with Gasteiger partial charge in [0.05, 0.1) is 0 Å². The number of rotatable bonds is 2. The predicted molar refractivity (Wildman–Crippen MR) is 67.8 cm³/mol. The van der Waals surface area contributed by atoms with Crippen molar-refractivity contribution in [3.05, 3.63) is 35.9 Å². The molecule has 1 aromatic rings. The maximum absolute atomic E-state index is 12.1. The van der Waals surface area contributed by atoms with Crippen molar-refractivity contribution in [1.82, 2.24) is 4.90 Å². The molecule has 0 aromatic heterocycles. The van der Waals surface area contributed by atoms with Crippen LogP contribution in [0.5, 0.6) is 0 Å². The monoisotopic (exact) mass is 252 g/mol. The predicted octanol–water partition coefficient (Wildman–Crippen LogP) is 0.277. The van der Waals surface area contributed by atoms with Crippen LogP contribution in [0.25, 0.3) is 0 Å². The van der Waals surface area contributed by atoms with Gasteiger partial charge in [0.1, 0.15) is 6.04 Å². The SMILES string of the molecule is NC(C(=O)N1CCS(=O)CC1)c1ccccc1. The van der Waals surface area contributed by atoms with E-state index >= 15 is 0 Å². The molecule has 17 heavy (non-hydrogen) atoms. The van der Waals surface area contributed by atoms with Crippen molar-refractivity contribution < 1.29 is 9.00 Å². The molecule has 0 radical (unpaired) electrons. The van der Waals surface area contributed by atoms with Crippen LogP contribution in [0.2, 0.25) is 0 Å². The molecule has 1 aliphatic rings. The Hall–Kier alpha value is -1.20. The molecule has 0 saturated carbocycles. The quantitative estimate of drug-likeness (QED) is 0.822. The van der Waals surface area contributed by atoms with E-state index in [0.717, 1.165) is 5.56 Å². The summed E-state index contributed by atoms with van der Waals surface area (Å²) in [6, 6.07) is 8.73. The van der Waals surface area contributed by atoms with E-state index in [1.165, 1.54) is 0 Å². The molecule has 0 aliphatic carbocycles. The molecule has 1 aliphatic heterocycles. The van der Waals surface area contributed by atoms with Gasteiger partial charge in [0, 0.05) is 35.4 Å². The normalized spacial score (nSPS) is 19.0. The van der Waals surface area contributed by atoms with Gasteiger partial charge >= 0.3 is 0 Å². The smallest absolute Gasteiger partial charge is 0.244 e. The molecule has 92 valence electrons. The van der Waals surface area contributed by atoms with E-state index in [1.54, 1.807) is 4.90 Å². The highest BCUT2D eigenvalue weighted by Crippen LogP contribution is 2.14. The number of nitrogens with zero attached hydrogens (tertiary/aromatic N) is 1. The Balaban J connectivity index is 2.03. The lowest BCUT2D eigenvalue weighted by Gasteiger charge is -2.28. The van der Waals surface area contributed by atoms with Crippen molar-refractivity contribution in [1.29, 1.82) is 0 Å². The van der Waals surface area contributed by atoms with Gasteiger partial charge in [-0.15, -0.1) is 0 Å². The van der Waals surface area contributed by atoms with E-state index in [9.17, 15) is 9.00 Å². The minimum Gasteiger partial charge on any atom is -0.339 e. The first-order valence-electron chi connectivity index (χ1n) is 5.63. The lowest BCUT2D eigenvalue weighted by molar-refractivity contribution is -0.132. The summed E-state index contributed by atoms with van der Waals surface area (Å²) in [6.07, 6.45) is 0. The van der Waals surface area contributed by atoms with Crippen molar-refractivity contribution in [2.45, 2.75) is 6.04 Å². The van der Waals surface area contributed by atoms with Crippen LogP contribution in [0, 0.1) is 0 Å². The third kappa shape index (κ3) is 2.92. The Morgan fingerprint density at radius 3 is 2.41 bits per heavy atom. The maximum atomic E-state index is 12.1. The molecule has 1 fully saturated rings. The second-order valence-electron chi connectivity index (χ2n) is 4.06. The lowest BCUT2D eigenvalue weighted by Crippen LogP contribution is -2.45. The largest absolute Gasteiger partial charge is 0.339 e.